The van der Waals surface area contributed by atoms with Gasteiger partial charge in [-0.1, -0.05) is 11.6 Å². The predicted molar refractivity (Wildman–Crippen MR) is 116 cm³/mol. The first-order chi connectivity index (χ1) is 13.7. The highest BCUT2D eigenvalue weighted by Gasteiger charge is 2.32. The van der Waals surface area contributed by atoms with E-state index in [9.17, 15) is 14.0 Å². The molecule has 3 rings (SSSR count). The van der Waals surface area contributed by atoms with Crippen LogP contribution in [0.5, 0.6) is 0 Å². The molecule has 0 spiro atoms. The van der Waals surface area contributed by atoms with Crippen molar-refractivity contribution >= 4 is 28.3 Å². The number of benzene rings is 1. The van der Waals surface area contributed by atoms with Crippen LogP contribution in [0.25, 0.3) is 10.8 Å². The number of rotatable bonds is 6. The van der Waals surface area contributed by atoms with Crippen LogP contribution >= 0.6 is 11.6 Å². The van der Waals surface area contributed by atoms with Crippen molar-refractivity contribution in [3.63, 3.8) is 0 Å². The van der Waals surface area contributed by atoms with Crippen LogP contribution in [0.4, 0.5) is 4.39 Å². The third-order valence-electron chi connectivity index (χ3n) is 5.84. The number of halogens is 2. The maximum atomic E-state index is 14.3. The van der Waals surface area contributed by atoms with E-state index in [-0.39, 0.29) is 23.4 Å². The molecular formula is C22H29ClFN3O2. The lowest BCUT2D eigenvalue weighted by molar-refractivity contribution is 0.0839. The zero-order valence-corrected chi connectivity index (χ0v) is 18.0. The lowest BCUT2D eigenvalue weighted by Crippen LogP contribution is -2.36. The normalized spacial score (nSPS) is 23.1. The van der Waals surface area contributed by atoms with E-state index >= 15 is 0 Å². The van der Waals surface area contributed by atoms with Gasteiger partial charge in [-0.25, -0.2) is 4.39 Å². The summed E-state index contributed by atoms with van der Waals surface area (Å²) in [6.45, 7) is 4.64. The topological polar surface area (TPSA) is 63.1 Å². The minimum absolute atomic E-state index is 0.0221. The zero-order valence-electron chi connectivity index (χ0n) is 17.2. The zero-order chi connectivity index (χ0) is 21.2. The molecule has 1 amide bonds. The first kappa shape index (κ1) is 21.8. The average Bonchev–Trinajstić information content (AvgIpc) is 2.65. The highest BCUT2D eigenvalue weighted by Crippen LogP contribution is 2.35. The van der Waals surface area contributed by atoms with Gasteiger partial charge < -0.3 is 15.2 Å². The summed E-state index contributed by atoms with van der Waals surface area (Å²) in [5.74, 6) is -0.219. The summed E-state index contributed by atoms with van der Waals surface area (Å²) < 4.78 is 15.9. The summed E-state index contributed by atoms with van der Waals surface area (Å²) in [6, 6.07) is 5.00. The summed E-state index contributed by atoms with van der Waals surface area (Å²) >= 11 is 6.33. The smallest absolute Gasteiger partial charge is 0.258 e. The van der Waals surface area contributed by atoms with E-state index in [0.717, 1.165) is 12.8 Å². The number of carbonyl (C=O) groups excluding carboxylic acids is 1. The fourth-order valence-corrected chi connectivity index (χ4v) is 4.60. The first-order valence-electron chi connectivity index (χ1n) is 10.2. The van der Waals surface area contributed by atoms with E-state index in [2.05, 4.69) is 10.6 Å². The third kappa shape index (κ3) is 4.81. The molecule has 1 aliphatic carbocycles. The Hall–Kier alpha value is -1.92. The minimum atomic E-state index is -1.17. The van der Waals surface area contributed by atoms with Gasteiger partial charge in [-0.05, 0) is 70.7 Å². The molecule has 158 valence electrons. The molecule has 0 radical (unpaired) electrons. The van der Waals surface area contributed by atoms with Gasteiger partial charge in [0.15, 0.2) is 0 Å². The van der Waals surface area contributed by atoms with Crippen LogP contribution < -0.4 is 16.2 Å². The second kappa shape index (κ2) is 8.84. The molecule has 2 N–H and O–H groups in total. The van der Waals surface area contributed by atoms with E-state index in [4.69, 9.17) is 11.6 Å². The Labute approximate surface area is 175 Å². The number of likely N-dealkylation sites (N-methyl/N-ethyl adjacent to an activating group) is 1. The van der Waals surface area contributed by atoms with Gasteiger partial charge in [0.05, 0.1) is 10.6 Å². The van der Waals surface area contributed by atoms with Crippen molar-refractivity contribution in [2.24, 2.45) is 5.92 Å². The second-order valence-electron chi connectivity index (χ2n) is 8.40. The molecule has 1 fully saturated rings. The van der Waals surface area contributed by atoms with E-state index in [1.54, 1.807) is 35.9 Å². The number of pyridine rings is 1. The van der Waals surface area contributed by atoms with Gasteiger partial charge in [0.25, 0.3) is 11.5 Å². The number of hydrogen-bond donors (Lipinski definition) is 2. The maximum absolute atomic E-state index is 14.3. The number of carbonyl (C=O) groups is 1. The Kier molecular flexibility index (Phi) is 6.64. The molecule has 5 nitrogen and oxygen atoms in total. The van der Waals surface area contributed by atoms with Crippen molar-refractivity contribution in [3.05, 3.63) is 45.3 Å². The Morgan fingerprint density at radius 1 is 1.38 bits per heavy atom. The number of fused-ring (bicyclic) bond motifs is 1. The predicted octanol–water partition coefficient (Wildman–Crippen LogP) is 4.08. The lowest BCUT2D eigenvalue weighted by Gasteiger charge is -2.32. The van der Waals surface area contributed by atoms with Crippen LogP contribution in [0, 0.1) is 5.92 Å². The largest absolute Gasteiger partial charge is 0.352 e. The van der Waals surface area contributed by atoms with E-state index < -0.39 is 5.67 Å². The summed E-state index contributed by atoms with van der Waals surface area (Å²) in [7, 11) is 1.84. The maximum Gasteiger partial charge on any atom is 0.258 e. The monoisotopic (exact) mass is 421 g/mol. The van der Waals surface area contributed by atoms with Crippen LogP contribution in [0.2, 0.25) is 5.02 Å². The SMILES string of the molecule is CNC[C@@H](C)n1ccc2c(C(=O)NCC3CCCC(C)(F)C3)c(Cl)ccc2c1=O. The minimum Gasteiger partial charge on any atom is -0.352 e. The van der Waals surface area contributed by atoms with Gasteiger partial charge in [0.2, 0.25) is 0 Å². The van der Waals surface area contributed by atoms with Crippen molar-refractivity contribution in [2.75, 3.05) is 20.1 Å². The van der Waals surface area contributed by atoms with E-state index in [1.807, 2.05) is 14.0 Å². The van der Waals surface area contributed by atoms with Crippen LogP contribution in [0.3, 0.4) is 0 Å². The van der Waals surface area contributed by atoms with Gasteiger partial charge in [-0.2, -0.15) is 0 Å². The van der Waals surface area contributed by atoms with Crippen LogP contribution in [-0.2, 0) is 0 Å². The highest BCUT2D eigenvalue weighted by atomic mass is 35.5. The molecule has 29 heavy (non-hydrogen) atoms. The Morgan fingerprint density at radius 2 is 2.14 bits per heavy atom. The molecule has 1 saturated carbocycles. The van der Waals surface area contributed by atoms with Crippen LogP contribution in [0.15, 0.2) is 29.2 Å². The van der Waals surface area contributed by atoms with E-state index in [0.29, 0.717) is 47.3 Å². The lowest BCUT2D eigenvalue weighted by atomic mass is 9.80. The highest BCUT2D eigenvalue weighted by molar-refractivity contribution is 6.35. The summed E-state index contributed by atoms with van der Waals surface area (Å²) in [4.78, 5) is 25.8. The number of amides is 1. The standard InChI is InChI=1S/C22H29ClFN3O2/c1-14(12-25-3)27-10-8-16-17(21(27)29)6-7-18(23)19(16)20(28)26-13-15-5-4-9-22(2,24)11-15/h6-8,10,14-15,25H,4-5,9,11-13H2,1-3H3,(H,26,28)/t14-,15?,22?/m1/s1. The number of nitrogens with one attached hydrogen (secondary N) is 2. The van der Waals surface area contributed by atoms with Crippen molar-refractivity contribution in [3.8, 4) is 0 Å². The van der Waals surface area contributed by atoms with Gasteiger partial charge in [0, 0.05) is 36.1 Å². The van der Waals surface area contributed by atoms with Gasteiger partial charge >= 0.3 is 0 Å². The quantitative estimate of drug-likeness (QED) is 0.738. The molecule has 2 unspecified atom stereocenters. The fourth-order valence-electron chi connectivity index (χ4n) is 4.35. The summed E-state index contributed by atoms with van der Waals surface area (Å²) in [6.07, 6.45) is 4.45. The van der Waals surface area contributed by atoms with Crippen molar-refractivity contribution in [1.29, 1.82) is 0 Å². The Bertz CT molecular complexity index is 957. The molecule has 1 aromatic heterocycles. The number of aromatic nitrogens is 1. The second-order valence-corrected chi connectivity index (χ2v) is 8.81. The van der Waals surface area contributed by atoms with Crippen LogP contribution in [0.1, 0.15) is 55.9 Å². The number of alkyl halides is 1. The van der Waals surface area contributed by atoms with Gasteiger partial charge in [0.1, 0.15) is 5.67 Å². The fraction of sp³-hybridized carbons (Fsp3) is 0.545. The molecule has 0 aliphatic heterocycles. The molecule has 1 aliphatic rings. The molecule has 1 heterocycles. The molecular weight excluding hydrogens is 393 g/mol. The number of hydrogen-bond acceptors (Lipinski definition) is 3. The summed E-state index contributed by atoms with van der Waals surface area (Å²) in [5, 5.41) is 7.26. The molecule has 3 atom stereocenters. The van der Waals surface area contributed by atoms with Crippen molar-refractivity contribution in [2.45, 2.75) is 51.2 Å². The summed E-state index contributed by atoms with van der Waals surface area (Å²) in [5.41, 5.74) is -1.02. The molecule has 7 heteroatoms. The molecule has 0 saturated heterocycles. The number of nitrogens with zero attached hydrogens (tertiary/aromatic N) is 1. The van der Waals surface area contributed by atoms with Crippen molar-refractivity contribution in [1.82, 2.24) is 15.2 Å². The Balaban J connectivity index is 1.86. The first-order valence-corrected chi connectivity index (χ1v) is 10.6. The van der Waals surface area contributed by atoms with E-state index in [1.165, 1.54) is 0 Å². The molecule has 2 aromatic rings. The average molecular weight is 422 g/mol. The molecule has 0 bridgehead atoms. The Morgan fingerprint density at radius 3 is 2.83 bits per heavy atom. The van der Waals surface area contributed by atoms with Gasteiger partial charge in [-0.15, -0.1) is 0 Å². The third-order valence-corrected chi connectivity index (χ3v) is 6.15. The molecule has 1 aromatic carbocycles. The van der Waals surface area contributed by atoms with Crippen molar-refractivity contribution < 1.29 is 9.18 Å². The van der Waals surface area contributed by atoms with Crippen LogP contribution in [-0.4, -0.2) is 36.3 Å². The van der Waals surface area contributed by atoms with Gasteiger partial charge in [-0.3, -0.25) is 9.59 Å².